The van der Waals surface area contributed by atoms with Gasteiger partial charge in [-0.1, -0.05) is 6.92 Å². The Labute approximate surface area is 199 Å². The Morgan fingerprint density at radius 3 is 2.74 bits per heavy atom. The molecule has 1 aromatic carbocycles. The van der Waals surface area contributed by atoms with Crippen LogP contribution in [-0.2, 0) is 12.8 Å². The Balaban J connectivity index is 1.38. The van der Waals surface area contributed by atoms with Crippen LogP contribution in [0.5, 0.6) is 5.75 Å². The van der Waals surface area contributed by atoms with Crippen LogP contribution in [0.3, 0.4) is 0 Å². The van der Waals surface area contributed by atoms with Crippen molar-refractivity contribution in [3.63, 3.8) is 0 Å². The van der Waals surface area contributed by atoms with E-state index in [0.29, 0.717) is 42.4 Å². The molecule has 0 radical (unpaired) electrons. The van der Waals surface area contributed by atoms with Gasteiger partial charge in [-0.15, -0.1) is 0 Å². The number of likely N-dealkylation sites (tertiary alicyclic amines) is 1. The zero-order valence-electron chi connectivity index (χ0n) is 19.9. The normalized spacial score (nSPS) is 16.4. The molecule has 1 atom stereocenters. The maximum absolute atomic E-state index is 14.7. The average molecular weight is 467 g/mol. The van der Waals surface area contributed by atoms with Crippen LogP contribution in [0.15, 0.2) is 36.9 Å². The number of methoxy groups -OCH3 is 1. The maximum Gasteiger partial charge on any atom is 0.227 e. The number of ketones is 1. The molecule has 0 spiro atoms. The van der Waals surface area contributed by atoms with Crippen molar-refractivity contribution in [3.8, 4) is 5.75 Å². The van der Waals surface area contributed by atoms with E-state index in [-0.39, 0.29) is 11.5 Å². The van der Waals surface area contributed by atoms with Gasteiger partial charge in [0.05, 0.1) is 25.0 Å². The number of benzene rings is 1. The summed E-state index contributed by atoms with van der Waals surface area (Å²) in [6.45, 7) is 3.91. The van der Waals surface area contributed by atoms with E-state index in [1.54, 1.807) is 31.6 Å². The lowest BCUT2D eigenvalue weighted by atomic mass is 10.00. The molecule has 1 aliphatic rings. The Bertz CT molecular complexity index is 1130. The Morgan fingerprint density at radius 1 is 1.24 bits per heavy atom. The molecule has 1 N–H and O–H groups in total. The quantitative estimate of drug-likeness (QED) is 0.473. The highest BCUT2D eigenvalue weighted by Gasteiger charge is 2.19. The van der Waals surface area contributed by atoms with Crippen molar-refractivity contribution >= 4 is 17.4 Å². The number of carbonyl (C=O) groups excluding carboxylic acids is 1. The number of ether oxygens (including phenoxy) is 1. The van der Waals surface area contributed by atoms with Gasteiger partial charge in [-0.05, 0) is 62.5 Å². The highest BCUT2D eigenvalue weighted by atomic mass is 19.1. The fourth-order valence-electron chi connectivity index (χ4n) is 4.27. The van der Waals surface area contributed by atoms with Crippen molar-refractivity contribution in [2.75, 3.05) is 32.6 Å². The molecule has 3 aromatic rings. The van der Waals surface area contributed by atoms with E-state index in [9.17, 15) is 9.18 Å². The number of hydrogen-bond donors (Lipinski definition) is 1. The fourth-order valence-corrected chi connectivity index (χ4v) is 4.27. The van der Waals surface area contributed by atoms with E-state index in [2.05, 4.69) is 32.3 Å². The molecule has 8 nitrogen and oxygen atoms in total. The summed E-state index contributed by atoms with van der Waals surface area (Å²) in [7, 11) is 3.54. The number of nitrogens with zero attached hydrogens (tertiary/aromatic N) is 5. The van der Waals surface area contributed by atoms with Gasteiger partial charge in [0, 0.05) is 37.1 Å². The average Bonchev–Trinajstić information content (AvgIpc) is 3.32. The van der Waals surface area contributed by atoms with Crippen molar-refractivity contribution in [2.45, 2.75) is 45.1 Å². The standard InChI is InChI=1S/C25H31FN6O2/c1-4-22(33)19-10-18(24(26)23(11-19)34-3)8-7-17-12-27-25(28-13-17)30-20-14-29-32(15-20)21-6-5-9-31(2)16-21/h10-15,21H,4-9,16H2,1-3H3,(H,27,28,30)/t21-/m0/s1. The molecule has 0 saturated carbocycles. The fraction of sp³-hybridized carbons (Fsp3) is 0.440. The number of rotatable bonds is 9. The van der Waals surface area contributed by atoms with Gasteiger partial charge in [-0.3, -0.25) is 9.48 Å². The lowest BCUT2D eigenvalue weighted by Gasteiger charge is -2.29. The number of nitrogens with one attached hydrogen (secondary N) is 1. The van der Waals surface area contributed by atoms with Crippen molar-refractivity contribution in [2.24, 2.45) is 0 Å². The van der Waals surface area contributed by atoms with Crippen LogP contribution in [0.2, 0.25) is 0 Å². The molecule has 1 fully saturated rings. The van der Waals surface area contributed by atoms with Crippen molar-refractivity contribution in [1.29, 1.82) is 0 Å². The Kier molecular flexibility index (Phi) is 7.52. The summed E-state index contributed by atoms with van der Waals surface area (Å²) in [5.41, 5.74) is 2.62. The van der Waals surface area contributed by atoms with Gasteiger partial charge in [0.1, 0.15) is 0 Å². The number of Topliss-reactive ketones (excluding diaryl/α,β-unsaturated/α-hetero) is 1. The van der Waals surface area contributed by atoms with Crippen LogP contribution in [0.4, 0.5) is 16.0 Å². The summed E-state index contributed by atoms with van der Waals surface area (Å²) >= 11 is 0. The van der Waals surface area contributed by atoms with Crippen LogP contribution < -0.4 is 10.1 Å². The Morgan fingerprint density at radius 2 is 2.03 bits per heavy atom. The number of hydrogen-bond acceptors (Lipinski definition) is 7. The molecule has 0 aliphatic carbocycles. The molecule has 34 heavy (non-hydrogen) atoms. The molecule has 180 valence electrons. The van der Waals surface area contributed by atoms with E-state index in [1.165, 1.54) is 19.6 Å². The highest BCUT2D eigenvalue weighted by Crippen LogP contribution is 2.25. The number of piperidine rings is 1. The van der Waals surface area contributed by atoms with Crippen LogP contribution >= 0.6 is 0 Å². The van der Waals surface area contributed by atoms with Gasteiger partial charge >= 0.3 is 0 Å². The van der Waals surface area contributed by atoms with Gasteiger partial charge in [-0.25, -0.2) is 14.4 Å². The van der Waals surface area contributed by atoms with Gasteiger partial charge in [0.2, 0.25) is 5.95 Å². The first-order valence-corrected chi connectivity index (χ1v) is 11.7. The van der Waals surface area contributed by atoms with E-state index < -0.39 is 5.82 Å². The van der Waals surface area contributed by atoms with Crippen molar-refractivity contribution < 1.29 is 13.9 Å². The minimum Gasteiger partial charge on any atom is -0.494 e. The van der Waals surface area contributed by atoms with Gasteiger partial charge in [-0.2, -0.15) is 5.10 Å². The summed E-state index contributed by atoms with van der Waals surface area (Å²) in [6.07, 6.45) is 10.8. The highest BCUT2D eigenvalue weighted by molar-refractivity contribution is 5.96. The molecule has 2 aromatic heterocycles. The first-order chi connectivity index (χ1) is 16.5. The number of likely N-dealkylation sites (N-methyl/N-ethyl adjacent to an activating group) is 1. The van der Waals surface area contributed by atoms with Crippen molar-refractivity contribution in [3.05, 3.63) is 59.4 Å². The van der Waals surface area contributed by atoms with Crippen LogP contribution in [0, 0.1) is 5.82 Å². The van der Waals surface area contributed by atoms with Crippen LogP contribution in [0.1, 0.15) is 53.7 Å². The van der Waals surface area contributed by atoms with E-state index >= 15 is 0 Å². The summed E-state index contributed by atoms with van der Waals surface area (Å²) in [5.74, 6) is 0.0886. The smallest absolute Gasteiger partial charge is 0.227 e. The number of carbonyl (C=O) groups is 1. The molecule has 3 heterocycles. The van der Waals surface area contributed by atoms with E-state index in [4.69, 9.17) is 4.74 Å². The zero-order valence-corrected chi connectivity index (χ0v) is 19.9. The molecule has 4 rings (SSSR count). The molecule has 9 heteroatoms. The summed E-state index contributed by atoms with van der Waals surface area (Å²) in [5, 5.41) is 7.69. The molecular weight excluding hydrogens is 435 g/mol. The third kappa shape index (κ3) is 5.59. The van der Waals surface area contributed by atoms with Gasteiger partial charge in [0.15, 0.2) is 17.3 Å². The number of aromatic nitrogens is 4. The molecule has 0 bridgehead atoms. The molecule has 0 amide bonds. The SMILES string of the molecule is CCC(=O)c1cc(CCc2cnc(Nc3cnn([C@H]4CCCN(C)C4)c3)nc2)c(F)c(OC)c1. The lowest BCUT2D eigenvalue weighted by Crippen LogP contribution is -2.33. The van der Waals surface area contributed by atoms with Crippen LogP contribution in [0.25, 0.3) is 0 Å². The first-order valence-electron chi connectivity index (χ1n) is 11.7. The summed E-state index contributed by atoms with van der Waals surface area (Å²) in [6, 6.07) is 3.45. The van der Waals surface area contributed by atoms with Crippen molar-refractivity contribution in [1.82, 2.24) is 24.6 Å². The van der Waals surface area contributed by atoms with Gasteiger partial charge < -0.3 is 15.0 Å². The van der Waals surface area contributed by atoms with Gasteiger partial charge in [0.25, 0.3) is 0 Å². The molecular formula is C25H31FN6O2. The topological polar surface area (TPSA) is 85.2 Å². The lowest BCUT2D eigenvalue weighted by molar-refractivity contribution is 0.0987. The zero-order chi connectivity index (χ0) is 24.1. The predicted molar refractivity (Wildman–Crippen MR) is 128 cm³/mol. The monoisotopic (exact) mass is 466 g/mol. The second-order valence-corrected chi connectivity index (χ2v) is 8.74. The maximum atomic E-state index is 14.7. The summed E-state index contributed by atoms with van der Waals surface area (Å²) in [4.78, 5) is 23.2. The number of halogens is 1. The minimum atomic E-state index is -0.435. The second kappa shape index (κ2) is 10.7. The molecule has 1 aliphatic heterocycles. The Hall–Kier alpha value is -3.33. The van der Waals surface area contributed by atoms with E-state index in [1.807, 2.05) is 10.9 Å². The van der Waals surface area contributed by atoms with E-state index in [0.717, 1.165) is 30.8 Å². The minimum absolute atomic E-state index is 0.0443. The molecule has 0 unspecified atom stereocenters. The van der Waals surface area contributed by atoms with Crippen LogP contribution in [-0.4, -0.2) is 57.7 Å². The molecule has 1 saturated heterocycles. The third-order valence-electron chi connectivity index (χ3n) is 6.20. The first kappa shape index (κ1) is 23.8. The second-order valence-electron chi connectivity index (χ2n) is 8.74. The third-order valence-corrected chi connectivity index (χ3v) is 6.20. The summed E-state index contributed by atoms with van der Waals surface area (Å²) < 4.78 is 21.8. The number of anilines is 2. The number of aryl methyl sites for hydroxylation is 2. The largest absolute Gasteiger partial charge is 0.494 e. The predicted octanol–water partition coefficient (Wildman–Crippen LogP) is 4.21.